The van der Waals surface area contributed by atoms with Crippen molar-refractivity contribution in [3.8, 4) is 0 Å². The first-order valence-electron chi connectivity index (χ1n) is 6.41. The number of rotatable bonds is 3. The van der Waals surface area contributed by atoms with Gasteiger partial charge in [0.2, 0.25) is 5.13 Å². The van der Waals surface area contributed by atoms with Crippen molar-refractivity contribution in [1.82, 2.24) is 10.2 Å². The molecule has 3 rings (SSSR count). The third-order valence-corrected chi connectivity index (χ3v) is 4.40. The largest absolute Gasteiger partial charge is 0.362 e. The Morgan fingerprint density at radius 3 is 3.05 bits per heavy atom. The number of nitrogens with one attached hydrogen (secondary N) is 1. The van der Waals surface area contributed by atoms with E-state index in [0.717, 1.165) is 18.0 Å². The Morgan fingerprint density at radius 2 is 2.26 bits per heavy atom. The van der Waals surface area contributed by atoms with Crippen molar-refractivity contribution in [2.45, 2.75) is 32.4 Å². The molecule has 2 aromatic rings. The second kappa shape index (κ2) is 5.14. The van der Waals surface area contributed by atoms with Crippen molar-refractivity contribution in [3.05, 3.63) is 34.8 Å². The summed E-state index contributed by atoms with van der Waals surface area (Å²) >= 11 is 1.50. The molecule has 0 fully saturated rings. The van der Waals surface area contributed by atoms with Crippen LogP contribution in [0.25, 0.3) is 0 Å². The topological polar surface area (TPSA) is 67.1 Å². The SMILES string of the molecule is CC1CCc2ccccc2N1Cc1nnc(NN)s1. The van der Waals surface area contributed by atoms with Gasteiger partial charge in [-0.05, 0) is 31.4 Å². The van der Waals surface area contributed by atoms with Crippen LogP contribution in [-0.2, 0) is 13.0 Å². The van der Waals surface area contributed by atoms with Gasteiger partial charge in [0.1, 0.15) is 5.01 Å². The first-order chi connectivity index (χ1) is 9.28. The minimum Gasteiger partial charge on any atom is -0.362 e. The lowest BCUT2D eigenvalue weighted by Gasteiger charge is -2.36. The monoisotopic (exact) mass is 275 g/mol. The highest BCUT2D eigenvalue weighted by atomic mass is 32.1. The molecule has 3 N–H and O–H groups in total. The minimum absolute atomic E-state index is 0.521. The van der Waals surface area contributed by atoms with E-state index >= 15 is 0 Å². The molecule has 0 amide bonds. The van der Waals surface area contributed by atoms with E-state index in [1.54, 1.807) is 0 Å². The molecular formula is C13H17N5S. The van der Waals surface area contributed by atoms with Crippen LogP contribution in [-0.4, -0.2) is 16.2 Å². The maximum Gasteiger partial charge on any atom is 0.219 e. The normalized spacial score (nSPS) is 18.2. The van der Waals surface area contributed by atoms with E-state index in [0.29, 0.717) is 11.2 Å². The maximum absolute atomic E-state index is 5.34. The molecule has 1 aliphatic rings. The fourth-order valence-corrected chi connectivity index (χ4v) is 3.17. The molecule has 19 heavy (non-hydrogen) atoms. The highest BCUT2D eigenvalue weighted by Gasteiger charge is 2.23. The zero-order chi connectivity index (χ0) is 13.2. The molecule has 5 nitrogen and oxygen atoms in total. The van der Waals surface area contributed by atoms with Gasteiger partial charge < -0.3 is 4.90 Å². The van der Waals surface area contributed by atoms with Crippen LogP contribution in [0.1, 0.15) is 23.9 Å². The number of nitrogen functional groups attached to an aromatic ring is 1. The number of hydrogen-bond acceptors (Lipinski definition) is 6. The van der Waals surface area contributed by atoms with Gasteiger partial charge in [0.25, 0.3) is 0 Å². The van der Waals surface area contributed by atoms with Gasteiger partial charge in [0.05, 0.1) is 6.54 Å². The second-order valence-corrected chi connectivity index (χ2v) is 5.85. The summed E-state index contributed by atoms with van der Waals surface area (Å²) in [6.07, 6.45) is 2.33. The summed E-state index contributed by atoms with van der Waals surface area (Å²) in [6.45, 7) is 3.05. The average Bonchev–Trinajstić information content (AvgIpc) is 2.90. The molecular weight excluding hydrogens is 258 g/mol. The third kappa shape index (κ3) is 2.41. The number of aryl methyl sites for hydroxylation is 1. The molecule has 0 saturated heterocycles. The summed E-state index contributed by atoms with van der Waals surface area (Å²) in [4.78, 5) is 2.40. The smallest absolute Gasteiger partial charge is 0.219 e. The van der Waals surface area contributed by atoms with Crippen molar-refractivity contribution in [2.24, 2.45) is 5.84 Å². The molecule has 1 aromatic carbocycles. The van der Waals surface area contributed by atoms with E-state index < -0.39 is 0 Å². The summed E-state index contributed by atoms with van der Waals surface area (Å²) in [6, 6.07) is 9.12. The van der Waals surface area contributed by atoms with E-state index in [4.69, 9.17) is 5.84 Å². The molecule has 0 saturated carbocycles. The minimum atomic E-state index is 0.521. The lowest BCUT2D eigenvalue weighted by Crippen LogP contribution is -2.36. The van der Waals surface area contributed by atoms with E-state index in [9.17, 15) is 0 Å². The number of para-hydroxylation sites is 1. The second-order valence-electron chi connectivity index (χ2n) is 4.79. The Bertz CT molecular complexity index is 568. The number of benzene rings is 1. The number of nitrogens with zero attached hydrogens (tertiary/aromatic N) is 3. The average molecular weight is 275 g/mol. The van der Waals surface area contributed by atoms with Gasteiger partial charge >= 0.3 is 0 Å². The van der Waals surface area contributed by atoms with Crippen LogP contribution in [0.3, 0.4) is 0 Å². The Balaban J connectivity index is 1.87. The highest BCUT2D eigenvalue weighted by Crippen LogP contribution is 2.32. The molecule has 0 radical (unpaired) electrons. The Kier molecular flexibility index (Phi) is 3.35. The lowest BCUT2D eigenvalue weighted by molar-refractivity contribution is 0.558. The van der Waals surface area contributed by atoms with Crippen LogP contribution in [0.4, 0.5) is 10.8 Å². The van der Waals surface area contributed by atoms with Crippen LogP contribution >= 0.6 is 11.3 Å². The third-order valence-electron chi connectivity index (χ3n) is 3.56. The van der Waals surface area contributed by atoms with Gasteiger partial charge in [-0.15, -0.1) is 10.2 Å². The Morgan fingerprint density at radius 1 is 1.42 bits per heavy atom. The fraction of sp³-hybridized carbons (Fsp3) is 0.385. The summed E-state index contributed by atoms with van der Waals surface area (Å²) in [5, 5.41) is 9.80. The highest BCUT2D eigenvalue weighted by molar-refractivity contribution is 7.15. The molecule has 1 atom stereocenters. The molecule has 0 aliphatic carbocycles. The summed E-state index contributed by atoms with van der Waals surface area (Å²) in [7, 11) is 0. The number of hydrazine groups is 1. The number of fused-ring (bicyclic) bond motifs is 1. The molecule has 1 aromatic heterocycles. The quantitative estimate of drug-likeness (QED) is 0.664. The molecule has 1 unspecified atom stereocenters. The molecule has 1 aliphatic heterocycles. The Labute approximate surface area is 116 Å². The van der Waals surface area contributed by atoms with Gasteiger partial charge in [-0.25, -0.2) is 5.84 Å². The number of aromatic nitrogens is 2. The van der Waals surface area contributed by atoms with Crippen molar-refractivity contribution in [2.75, 3.05) is 10.3 Å². The van der Waals surface area contributed by atoms with Crippen molar-refractivity contribution in [3.63, 3.8) is 0 Å². The van der Waals surface area contributed by atoms with Crippen molar-refractivity contribution >= 4 is 22.2 Å². The van der Waals surface area contributed by atoms with E-state index in [2.05, 4.69) is 51.7 Å². The van der Waals surface area contributed by atoms with Gasteiger partial charge in [0, 0.05) is 11.7 Å². The molecule has 2 heterocycles. The number of hydrogen-bond donors (Lipinski definition) is 2. The maximum atomic E-state index is 5.34. The number of nitrogens with two attached hydrogens (primary N) is 1. The zero-order valence-electron chi connectivity index (χ0n) is 10.8. The zero-order valence-corrected chi connectivity index (χ0v) is 11.7. The fourth-order valence-electron chi connectivity index (χ4n) is 2.52. The van der Waals surface area contributed by atoms with Crippen LogP contribution in [0.2, 0.25) is 0 Å². The molecule has 100 valence electrons. The molecule has 0 bridgehead atoms. The Hall–Kier alpha value is -1.66. The summed E-state index contributed by atoms with van der Waals surface area (Å²) in [5.74, 6) is 5.34. The first-order valence-corrected chi connectivity index (χ1v) is 7.23. The number of anilines is 2. The summed E-state index contributed by atoms with van der Waals surface area (Å²) in [5.41, 5.74) is 5.28. The van der Waals surface area contributed by atoms with E-state index in [1.165, 1.54) is 29.0 Å². The van der Waals surface area contributed by atoms with Crippen molar-refractivity contribution in [1.29, 1.82) is 0 Å². The van der Waals surface area contributed by atoms with E-state index in [-0.39, 0.29) is 0 Å². The van der Waals surface area contributed by atoms with E-state index in [1.807, 2.05) is 0 Å². The predicted molar refractivity (Wildman–Crippen MR) is 78.1 cm³/mol. The lowest BCUT2D eigenvalue weighted by atomic mass is 9.97. The predicted octanol–water partition coefficient (Wildman–Crippen LogP) is 2.17. The van der Waals surface area contributed by atoms with Gasteiger partial charge in [-0.1, -0.05) is 29.5 Å². The van der Waals surface area contributed by atoms with Gasteiger partial charge in [0.15, 0.2) is 0 Å². The van der Waals surface area contributed by atoms with Gasteiger partial charge in [-0.2, -0.15) is 0 Å². The molecule has 0 spiro atoms. The molecule has 6 heteroatoms. The standard InChI is InChI=1S/C13H17N5S/c1-9-6-7-10-4-2-3-5-11(10)18(9)8-12-16-17-13(15-14)19-12/h2-5,9H,6-8,14H2,1H3,(H,15,17). The van der Waals surface area contributed by atoms with Gasteiger partial charge in [-0.3, -0.25) is 5.43 Å². The van der Waals surface area contributed by atoms with Crippen LogP contribution in [0.15, 0.2) is 24.3 Å². The van der Waals surface area contributed by atoms with Crippen molar-refractivity contribution < 1.29 is 0 Å². The summed E-state index contributed by atoms with van der Waals surface area (Å²) < 4.78 is 0. The first kappa shape index (κ1) is 12.4. The van der Waals surface area contributed by atoms with Crippen LogP contribution in [0, 0.1) is 0 Å². The van der Waals surface area contributed by atoms with Crippen LogP contribution < -0.4 is 16.2 Å². The van der Waals surface area contributed by atoms with Crippen LogP contribution in [0.5, 0.6) is 0 Å².